The molecular weight excluding hydrogens is 268 g/mol. The van der Waals surface area contributed by atoms with Gasteiger partial charge in [-0.3, -0.25) is 4.79 Å². The number of carbonyl (C=O) groups excluding carboxylic acids is 1. The number of aromatic nitrogens is 1. The second-order valence-corrected chi connectivity index (χ2v) is 4.93. The molecule has 0 aliphatic carbocycles. The van der Waals surface area contributed by atoms with Crippen LogP contribution in [-0.2, 0) is 4.79 Å². The molecule has 0 saturated heterocycles. The van der Waals surface area contributed by atoms with Crippen LogP contribution in [0, 0.1) is 0 Å². The van der Waals surface area contributed by atoms with Crippen LogP contribution in [0.15, 0.2) is 53.4 Å². The molecule has 0 aliphatic rings. The van der Waals surface area contributed by atoms with Crippen LogP contribution in [0.3, 0.4) is 0 Å². The van der Waals surface area contributed by atoms with Crippen LogP contribution < -0.4 is 5.32 Å². The molecule has 1 aromatic carbocycles. The smallest absolute Gasteiger partial charge is 0.235 e. The lowest BCUT2D eigenvalue weighted by atomic mass is 10.4. The van der Waals surface area contributed by atoms with E-state index in [1.807, 2.05) is 30.3 Å². The van der Waals surface area contributed by atoms with E-state index in [0.717, 1.165) is 4.90 Å². The SMILES string of the molecule is O=C(CSc1ccccc1)Nc1cccc(Cl)n1. The third-order valence-corrected chi connectivity index (χ3v) is 3.32. The van der Waals surface area contributed by atoms with Crippen LogP contribution >= 0.6 is 23.4 Å². The average Bonchev–Trinajstić information content (AvgIpc) is 2.38. The molecule has 0 aliphatic heterocycles. The van der Waals surface area contributed by atoms with E-state index < -0.39 is 0 Å². The number of pyridine rings is 1. The van der Waals surface area contributed by atoms with Gasteiger partial charge in [-0.2, -0.15) is 0 Å². The maximum atomic E-state index is 11.7. The predicted molar refractivity (Wildman–Crippen MR) is 75.0 cm³/mol. The number of anilines is 1. The molecule has 1 heterocycles. The Balaban J connectivity index is 1.86. The van der Waals surface area contributed by atoms with Gasteiger partial charge in [-0.1, -0.05) is 35.9 Å². The van der Waals surface area contributed by atoms with Gasteiger partial charge in [-0.15, -0.1) is 11.8 Å². The second-order valence-electron chi connectivity index (χ2n) is 3.50. The first-order valence-electron chi connectivity index (χ1n) is 5.34. The topological polar surface area (TPSA) is 42.0 Å². The molecule has 5 heteroatoms. The van der Waals surface area contributed by atoms with E-state index in [0.29, 0.717) is 16.7 Å². The molecular formula is C13H11ClN2OS. The number of carbonyl (C=O) groups is 1. The van der Waals surface area contributed by atoms with Gasteiger partial charge in [-0.05, 0) is 24.3 Å². The van der Waals surface area contributed by atoms with Crippen molar-refractivity contribution in [2.45, 2.75) is 4.90 Å². The van der Waals surface area contributed by atoms with Crippen LogP contribution in [0.1, 0.15) is 0 Å². The third-order valence-electron chi connectivity index (χ3n) is 2.10. The van der Waals surface area contributed by atoms with Crippen LogP contribution in [0.2, 0.25) is 5.15 Å². The minimum absolute atomic E-state index is 0.0985. The molecule has 0 unspecified atom stereocenters. The second kappa shape index (κ2) is 6.42. The lowest BCUT2D eigenvalue weighted by Gasteiger charge is -2.04. The van der Waals surface area contributed by atoms with Crippen molar-refractivity contribution in [2.75, 3.05) is 11.1 Å². The lowest BCUT2D eigenvalue weighted by molar-refractivity contribution is -0.113. The molecule has 1 N–H and O–H groups in total. The van der Waals surface area contributed by atoms with E-state index in [4.69, 9.17) is 11.6 Å². The maximum absolute atomic E-state index is 11.7. The standard InChI is InChI=1S/C13H11ClN2OS/c14-11-7-4-8-12(15-11)16-13(17)9-18-10-5-2-1-3-6-10/h1-8H,9H2,(H,15,16,17). The minimum Gasteiger partial charge on any atom is -0.310 e. The van der Waals surface area contributed by atoms with Gasteiger partial charge in [0.1, 0.15) is 11.0 Å². The van der Waals surface area contributed by atoms with Gasteiger partial charge in [0.25, 0.3) is 0 Å². The number of nitrogens with zero attached hydrogens (tertiary/aromatic N) is 1. The van der Waals surface area contributed by atoms with Crippen molar-refractivity contribution in [3.63, 3.8) is 0 Å². The maximum Gasteiger partial charge on any atom is 0.235 e. The quantitative estimate of drug-likeness (QED) is 0.688. The van der Waals surface area contributed by atoms with Crippen molar-refractivity contribution >= 4 is 35.1 Å². The van der Waals surface area contributed by atoms with E-state index in [1.165, 1.54) is 11.8 Å². The molecule has 0 spiro atoms. The first-order chi connectivity index (χ1) is 8.74. The molecule has 2 rings (SSSR count). The predicted octanol–water partition coefficient (Wildman–Crippen LogP) is 3.47. The van der Waals surface area contributed by atoms with E-state index in [2.05, 4.69) is 10.3 Å². The van der Waals surface area contributed by atoms with Crippen molar-refractivity contribution in [1.29, 1.82) is 0 Å². The Labute approximate surface area is 115 Å². The van der Waals surface area contributed by atoms with Gasteiger partial charge >= 0.3 is 0 Å². The zero-order valence-corrected chi connectivity index (χ0v) is 11.0. The zero-order chi connectivity index (χ0) is 12.8. The highest BCUT2D eigenvalue weighted by Gasteiger charge is 2.04. The van der Waals surface area contributed by atoms with Crippen LogP contribution in [0.4, 0.5) is 5.82 Å². The summed E-state index contributed by atoms with van der Waals surface area (Å²) in [5.41, 5.74) is 0. The van der Waals surface area contributed by atoms with E-state index in [1.54, 1.807) is 18.2 Å². The van der Waals surface area contributed by atoms with Crippen molar-refractivity contribution in [2.24, 2.45) is 0 Å². The monoisotopic (exact) mass is 278 g/mol. The van der Waals surface area contributed by atoms with Gasteiger partial charge in [-0.25, -0.2) is 4.98 Å². The number of hydrogen-bond acceptors (Lipinski definition) is 3. The Bertz CT molecular complexity index is 534. The molecule has 2 aromatic rings. The number of thioether (sulfide) groups is 1. The summed E-state index contributed by atoms with van der Waals surface area (Å²) < 4.78 is 0. The summed E-state index contributed by atoms with van der Waals surface area (Å²) in [7, 11) is 0. The van der Waals surface area contributed by atoms with Crippen LogP contribution in [-0.4, -0.2) is 16.6 Å². The zero-order valence-electron chi connectivity index (χ0n) is 9.47. The fourth-order valence-corrected chi connectivity index (χ4v) is 2.21. The molecule has 3 nitrogen and oxygen atoms in total. The summed E-state index contributed by atoms with van der Waals surface area (Å²) in [4.78, 5) is 16.7. The summed E-state index contributed by atoms with van der Waals surface area (Å²) in [6, 6.07) is 14.9. The number of rotatable bonds is 4. The van der Waals surface area contributed by atoms with Gasteiger partial charge < -0.3 is 5.32 Å². The average molecular weight is 279 g/mol. The molecule has 1 aromatic heterocycles. The molecule has 1 amide bonds. The number of benzene rings is 1. The van der Waals surface area contributed by atoms with Crippen molar-refractivity contribution < 1.29 is 4.79 Å². The largest absolute Gasteiger partial charge is 0.310 e. The van der Waals surface area contributed by atoms with Gasteiger partial charge in [0.2, 0.25) is 5.91 Å². The number of halogens is 1. The molecule has 0 atom stereocenters. The molecule has 0 bridgehead atoms. The Hall–Kier alpha value is -1.52. The third kappa shape index (κ3) is 4.05. The Morgan fingerprint density at radius 1 is 1.17 bits per heavy atom. The molecule has 0 fully saturated rings. The molecule has 92 valence electrons. The van der Waals surface area contributed by atoms with E-state index in [9.17, 15) is 4.79 Å². The number of amides is 1. The summed E-state index contributed by atoms with van der Waals surface area (Å²) in [5.74, 6) is 0.720. The highest BCUT2D eigenvalue weighted by molar-refractivity contribution is 8.00. The molecule has 18 heavy (non-hydrogen) atoms. The van der Waals surface area contributed by atoms with E-state index >= 15 is 0 Å². The Morgan fingerprint density at radius 2 is 1.94 bits per heavy atom. The van der Waals surface area contributed by atoms with E-state index in [-0.39, 0.29) is 5.91 Å². The first-order valence-corrected chi connectivity index (χ1v) is 6.70. The van der Waals surface area contributed by atoms with Crippen LogP contribution in [0.5, 0.6) is 0 Å². The van der Waals surface area contributed by atoms with Gasteiger partial charge in [0.05, 0.1) is 5.75 Å². The first kappa shape index (κ1) is 12.9. The van der Waals surface area contributed by atoms with Gasteiger partial charge in [0.15, 0.2) is 0 Å². The summed E-state index contributed by atoms with van der Waals surface area (Å²) in [6.45, 7) is 0. The number of nitrogens with one attached hydrogen (secondary N) is 1. The fourth-order valence-electron chi connectivity index (χ4n) is 1.32. The lowest BCUT2D eigenvalue weighted by Crippen LogP contribution is -2.14. The summed E-state index contributed by atoms with van der Waals surface area (Å²) >= 11 is 7.21. The van der Waals surface area contributed by atoms with Crippen molar-refractivity contribution in [3.8, 4) is 0 Å². The fraction of sp³-hybridized carbons (Fsp3) is 0.0769. The highest BCUT2D eigenvalue weighted by atomic mass is 35.5. The van der Waals surface area contributed by atoms with Gasteiger partial charge in [0, 0.05) is 4.90 Å². The molecule has 0 saturated carbocycles. The minimum atomic E-state index is -0.0985. The highest BCUT2D eigenvalue weighted by Crippen LogP contribution is 2.17. The molecule has 0 radical (unpaired) electrons. The Kier molecular flexibility index (Phi) is 4.61. The van der Waals surface area contributed by atoms with Crippen molar-refractivity contribution in [1.82, 2.24) is 4.98 Å². The summed E-state index contributed by atoms with van der Waals surface area (Å²) in [6.07, 6.45) is 0. The number of hydrogen-bond donors (Lipinski definition) is 1. The van der Waals surface area contributed by atoms with Crippen molar-refractivity contribution in [3.05, 3.63) is 53.7 Å². The van der Waals surface area contributed by atoms with Crippen LogP contribution in [0.25, 0.3) is 0 Å². The normalized spacial score (nSPS) is 10.1. The summed E-state index contributed by atoms with van der Waals surface area (Å²) in [5, 5.41) is 3.06. The Morgan fingerprint density at radius 3 is 2.67 bits per heavy atom.